The summed E-state index contributed by atoms with van der Waals surface area (Å²) in [5.41, 5.74) is 1.27. The van der Waals surface area contributed by atoms with Crippen LogP contribution in [0.3, 0.4) is 0 Å². The zero-order valence-electron chi connectivity index (χ0n) is 23.0. The summed E-state index contributed by atoms with van der Waals surface area (Å²) >= 11 is 2.31. The molecule has 1 aliphatic carbocycles. The number of ketones is 1. The van der Waals surface area contributed by atoms with E-state index in [-0.39, 0.29) is 17.8 Å². The molecule has 0 radical (unpaired) electrons. The van der Waals surface area contributed by atoms with Gasteiger partial charge in [-0.1, -0.05) is 27.4 Å². The molecule has 2 aromatic carbocycles. The average molecular weight is 566 g/mol. The summed E-state index contributed by atoms with van der Waals surface area (Å²) < 4.78 is 18.4. The van der Waals surface area contributed by atoms with Gasteiger partial charge in [-0.25, -0.2) is 4.79 Å². The minimum absolute atomic E-state index is 0.216. The van der Waals surface area contributed by atoms with E-state index in [1.807, 2.05) is 36.4 Å². The third-order valence-electron chi connectivity index (χ3n) is 6.80. The van der Waals surface area contributed by atoms with E-state index in [9.17, 15) is 9.59 Å². The Morgan fingerprint density at radius 2 is 1.58 bits per heavy atom. The molecule has 0 bridgehead atoms. The van der Waals surface area contributed by atoms with Crippen LogP contribution in [0.1, 0.15) is 64.9 Å². The van der Waals surface area contributed by atoms with E-state index in [0.717, 1.165) is 50.9 Å². The first-order chi connectivity index (χ1) is 18.4. The molecule has 0 heterocycles. The van der Waals surface area contributed by atoms with Crippen molar-refractivity contribution in [1.29, 1.82) is 0 Å². The normalized spacial score (nSPS) is 18.3. The van der Waals surface area contributed by atoms with E-state index in [4.69, 9.17) is 13.3 Å². The molecule has 2 aromatic rings. The van der Waals surface area contributed by atoms with Gasteiger partial charge < -0.3 is 9.47 Å². The molecule has 211 valence electrons. The Bertz CT molecular complexity index is 916. The summed E-state index contributed by atoms with van der Waals surface area (Å²) in [6.45, 7) is 11.1. The van der Waals surface area contributed by atoms with Crippen LogP contribution in [0.15, 0.2) is 61.2 Å². The summed E-state index contributed by atoms with van der Waals surface area (Å²) in [6.07, 6.45) is 8.37. The fourth-order valence-corrected chi connectivity index (χ4v) is 4.56. The molecule has 0 N–H and O–H groups in total. The number of benzene rings is 2. The number of esters is 1. The van der Waals surface area contributed by atoms with E-state index < -0.39 is 0 Å². The van der Waals surface area contributed by atoms with Gasteiger partial charge in [0.1, 0.15) is 5.78 Å². The molecule has 6 heteroatoms. The van der Waals surface area contributed by atoms with E-state index in [0.29, 0.717) is 24.2 Å². The third-order valence-corrected chi connectivity index (χ3v) is 6.80. The van der Waals surface area contributed by atoms with Crippen LogP contribution in [-0.4, -0.2) is 25.0 Å². The number of carbonyl (C=O) groups excluding carboxylic acids is 2. The first kappa shape index (κ1) is 33.5. The van der Waals surface area contributed by atoms with Crippen molar-refractivity contribution in [3.8, 4) is 5.75 Å². The maximum atomic E-state index is 12.6. The van der Waals surface area contributed by atoms with Gasteiger partial charge in [0.2, 0.25) is 0 Å². The van der Waals surface area contributed by atoms with Crippen molar-refractivity contribution in [2.24, 2.45) is 23.7 Å². The number of Topliss-reactive ketones (excluding diaryl/α,β-unsaturated/α-hetero) is 1. The summed E-state index contributed by atoms with van der Waals surface area (Å²) in [5.74, 6) is 2.53. The van der Waals surface area contributed by atoms with Crippen LogP contribution in [0.25, 0.3) is 0 Å². The minimum atomic E-state index is -0.348. The second kappa shape index (κ2) is 20.4. The molecule has 3 unspecified atom stereocenters. The van der Waals surface area contributed by atoms with Gasteiger partial charge in [-0.15, -0.1) is 12.1 Å². The van der Waals surface area contributed by atoms with Gasteiger partial charge in [-0.3, -0.25) is 4.79 Å². The fraction of sp³-hybridized carbons (Fsp3) is 0.500. The van der Waals surface area contributed by atoms with E-state index in [1.54, 1.807) is 0 Å². The summed E-state index contributed by atoms with van der Waals surface area (Å²) in [6, 6.07) is 21.5. The molecule has 5 nitrogen and oxygen atoms in total. The van der Waals surface area contributed by atoms with Gasteiger partial charge in [0.25, 0.3) is 0 Å². The first-order valence-electron chi connectivity index (χ1n) is 13.4. The molecule has 1 saturated carbocycles. The van der Waals surface area contributed by atoms with Gasteiger partial charge in [-0.2, -0.15) is 54.1 Å². The maximum absolute atomic E-state index is 12.6. The van der Waals surface area contributed by atoms with Crippen LogP contribution in [-0.2, 0) is 40.3 Å². The number of unbranched alkanes of at least 4 members (excludes halogenated alkanes) is 3. The van der Waals surface area contributed by atoms with Crippen molar-refractivity contribution in [2.75, 3.05) is 13.2 Å². The third kappa shape index (κ3) is 13.3. The Balaban J connectivity index is 0.000000357. The molecule has 1 fully saturated rings. The average Bonchev–Trinajstić information content (AvgIpc) is 2.94. The first-order valence-corrected chi connectivity index (χ1v) is 13.8. The van der Waals surface area contributed by atoms with Crippen LogP contribution in [0, 0.1) is 35.8 Å². The zero-order valence-corrected chi connectivity index (χ0v) is 24.0. The van der Waals surface area contributed by atoms with Crippen LogP contribution < -0.4 is 4.74 Å². The second-order valence-electron chi connectivity index (χ2n) is 9.90. The molecule has 0 saturated heterocycles. The van der Waals surface area contributed by atoms with E-state index in [2.05, 4.69) is 67.3 Å². The predicted molar refractivity (Wildman–Crippen MR) is 145 cm³/mol. The van der Waals surface area contributed by atoms with Crippen molar-refractivity contribution in [3.05, 3.63) is 78.9 Å². The predicted octanol–water partition coefficient (Wildman–Crippen LogP) is 6.95. The monoisotopic (exact) mass is 565 g/mol. The summed E-state index contributed by atoms with van der Waals surface area (Å²) in [4.78, 5) is 23.3. The quantitative estimate of drug-likeness (QED) is 0.121. The molecule has 0 aromatic heterocycles. The standard InChI is InChI=1S/C17H23O.C15H19O3.Co.O/c1-12(2)15-10-9-13(3)16(17(15)18)11-14-7-5-4-6-8-14;1-2-15(16)18-13-9-4-3-8-12-17-14-10-6-5-7-11-14;;/h5-8,12-13,15-16H,9-11H2,1-3H3;2,6-7,10-11H,1,3-4,8-9,12-13H2;;/q2*-1;;. The SMILES string of the molecule is C=CC(=O)OCCCCCCOc1cc[c-]cc1.CC(C)C1CCC(C)C(Cc2cc[c-]cc2)C1=O.[O]=[Co]. The number of hydrogen-bond donors (Lipinski definition) is 0. The van der Waals surface area contributed by atoms with Gasteiger partial charge in [0.15, 0.2) is 0 Å². The Morgan fingerprint density at radius 3 is 2.16 bits per heavy atom. The number of rotatable bonds is 12. The Hall–Kier alpha value is -2.57. The molecule has 0 aliphatic heterocycles. The molecule has 0 amide bonds. The van der Waals surface area contributed by atoms with Crippen LogP contribution >= 0.6 is 0 Å². The zero-order chi connectivity index (χ0) is 28.2. The number of carbonyl (C=O) groups is 2. The van der Waals surface area contributed by atoms with Gasteiger partial charge in [0.05, 0.1) is 13.2 Å². The fourth-order valence-electron chi connectivity index (χ4n) is 4.56. The molecular weight excluding hydrogens is 523 g/mol. The number of hydrogen-bond acceptors (Lipinski definition) is 5. The Kier molecular flexibility index (Phi) is 18.0. The van der Waals surface area contributed by atoms with Crippen LogP contribution in [0.5, 0.6) is 5.75 Å². The molecule has 1 aliphatic rings. The van der Waals surface area contributed by atoms with Crippen molar-refractivity contribution in [1.82, 2.24) is 0 Å². The number of ether oxygens (including phenoxy) is 2. The van der Waals surface area contributed by atoms with E-state index in [1.165, 1.54) is 18.1 Å². The van der Waals surface area contributed by atoms with Crippen molar-refractivity contribution in [3.63, 3.8) is 0 Å². The van der Waals surface area contributed by atoms with Crippen molar-refractivity contribution >= 4 is 11.8 Å². The summed E-state index contributed by atoms with van der Waals surface area (Å²) in [7, 11) is 0. The second-order valence-corrected chi connectivity index (χ2v) is 9.90. The molecule has 38 heavy (non-hydrogen) atoms. The Morgan fingerprint density at radius 1 is 1.00 bits per heavy atom. The summed E-state index contributed by atoms with van der Waals surface area (Å²) in [5, 5.41) is 0. The molecule has 0 spiro atoms. The van der Waals surface area contributed by atoms with Crippen LogP contribution in [0.4, 0.5) is 0 Å². The van der Waals surface area contributed by atoms with E-state index >= 15 is 0 Å². The Labute approximate surface area is 237 Å². The van der Waals surface area contributed by atoms with Gasteiger partial charge in [0, 0.05) is 23.7 Å². The van der Waals surface area contributed by atoms with Gasteiger partial charge in [-0.05, 0) is 56.8 Å². The van der Waals surface area contributed by atoms with Crippen molar-refractivity contribution < 1.29 is 38.6 Å². The van der Waals surface area contributed by atoms with Crippen LogP contribution in [0.2, 0.25) is 0 Å². The molecule has 3 atom stereocenters. The van der Waals surface area contributed by atoms with Gasteiger partial charge >= 0.3 is 25.5 Å². The molecule has 3 rings (SSSR count). The molecular formula is C32H42CoO5-2. The van der Waals surface area contributed by atoms with Crippen molar-refractivity contribution in [2.45, 2.75) is 65.7 Å². The topological polar surface area (TPSA) is 69.7 Å².